The zero-order chi connectivity index (χ0) is 15.4. The molecule has 8 nitrogen and oxygen atoms in total. The van der Waals surface area contributed by atoms with Gasteiger partial charge in [0.25, 0.3) is 0 Å². The molecule has 7 N–H and O–H groups in total. The summed E-state index contributed by atoms with van der Waals surface area (Å²) >= 11 is 0. The Morgan fingerprint density at radius 3 is 2.05 bits per heavy atom. The zero-order valence-electron chi connectivity index (χ0n) is 11.3. The Balaban J connectivity index is 2.83. The second-order valence-electron chi connectivity index (χ2n) is 5.50. The summed E-state index contributed by atoms with van der Waals surface area (Å²) in [4.78, 5) is 36.8. The molecular formula is C10H24N2O6P2. The SMILES string of the molecule is NNC1(C(CCCP(=O)(O)O)P(=O)(O)O)CCCCC1. The van der Waals surface area contributed by atoms with Gasteiger partial charge in [0, 0.05) is 11.7 Å². The van der Waals surface area contributed by atoms with Crippen LogP contribution in [0.3, 0.4) is 0 Å². The van der Waals surface area contributed by atoms with Gasteiger partial charge in [-0.05, 0) is 25.7 Å². The summed E-state index contributed by atoms with van der Waals surface area (Å²) in [7, 11) is -8.55. The summed E-state index contributed by atoms with van der Waals surface area (Å²) < 4.78 is 22.6. The van der Waals surface area contributed by atoms with Crippen LogP contribution in [0.4, 0.5) is 0 Å². The Labute approximate surface area is 118 Å². The molecule has 1 rings (SSSR count). The lowest BCUT2D eigenvalue weighted by molar-refractivity contribution is 0.195. The fraction of sp³-hybridized carbons (Fsp3) is 1.00. The highest BCUT2D eigenvalue weighted by molar-refractivity contribution is 7.52. The molecule has 1 fully saturated rings. The van der Waals surface area contributed by atoms with Gasteiger partial charge in [-0.15, -0.1) is 0 Å². The maximum Gasteiger partial charge on any atom is 0.330 e. The maximum atomic E-state index is 11.8. The van der Waals surface area contributed by atoms with E-state index in [1.807, 2.05) is 0 Å². The number of hydrogen-bond donors (Lipinski definition) is 6. The van der Waals surface area contributed by atoms with Crippen molar-refractivity contribution in [3.05, 3.63) is 0 Å². The molecule has 0 radical (unpaired) electrons. The highest BCUT2D eigenvalue weighted by Crippen LogP contribution is 2.53. The van der Waals surface area contributed by atoms with Gasteiger partial charge in [-0.1, -0.05) is 19.3 Å². The predicted molar refractivity (Wildman–Crippen MR) is 75.1 cm³/mol. The largest absolute Gasteiger partial charge is 0.330 e. The molecule has 0 amide bonds. The van der Waals surface area contributed by atoms with Crippen LogP contribution in [-0.2, 0) is 9.13 Å². The van der Waals surface area contributed by atoms with E-state index in [-0.39, 0.29) is 19.0 Å². The Morgan fingerprint density at radius 2 is 1.65 bits per heavy atom. The van der Waals surface area contributed by atoms with Crippen molar-refractivity contribution < 1.29 is 28.7 Å². The van der Waals surface area contributed by atoms with Crippen molar-refractivity contribution in [2.75, 3.05) is 6.16 Å². The number of rotatable bonds is 7. The Kier molecular flexibility index (Phi) is 6.38. The summed E-state index contributed by atoms with van der Waals surface area (Å²) in [5.41, 5.74) is 0.737. The molecule has 1 aliphatic carbocycles. The van der Waals surface area contributed by atoms with E-state index in [4.69, 9.17) is 15.6 Å². The average Bonchev–Trinajstić information content (AvgIpc) is 2.33. The third-order valence-electron chi connectivity index (χ3n) is 4.00. The molecule has 1 saturated carbocycles. The first-order chi connectivity index (χ1) is 9.11. The minimum atomic E-state index is -4.40. The molecule has 0 aromatic heterocycles. The first kappa shape index (κ1) is 18.3. The molecule has 1 atom stereocenters. The van der Waals surface area contributed by atoms with Gasteiger partial charge in [0.05, 0.1) is 5.66 Å². The van der Waals surface area contributed by atoms with E-state index in [0.717, 1.165) is 19.3 Å². The van der Waals surface area contributed by atoms with E-state index < -0.39 is 26.4 Å². The van der Waals surface area contributed by atoms with Crippen LogP contribution in [0.25, 0.3) is 0 Å². The van der Waals surface area contributed by atoms with Gasteiger partial charge in [0.15, 0.2) is 0 Å². The summed E-state index contributed by atoms with van der Waals surface area (Å²) in [6.07, 6.45) is 3.52. The van der Waals surface area contributed by atoms with Gasteiger partial charge in [-0.2, -0.15) is 0 Å². The van der Waals surface area contributed by atoms with Gasteiger partial charge in [-0.3, -0.25) is 20.4 Å². The summed E-state index contributed by atoms with van der Waals surface area (Å²) in [6.45, 7) is 0. The predicted octanol–water partition coefficient (Wildman–Crippen LogP) is 0.657. The summed E-state index contributed by atoms with van der Waals surface area (Å²) in [5.74, 6) is 5.55. The third kappa shape index (κ3) is 5.20. The quantitative estimate of drug-likeness (QED) is 0.226. The molecule has 120 valence electrons. The van der Waals surface area contributed by atoms with Gasteiger partial charge < -0.3 is 19.6 Å². The van der Waals surface area contributed by atoms with Gasteiger partial charge in [0.2, 0.25) is 0 Å². The van der Waals surface area contributed by atoms with Crippen molar-refractivity contribution in [2.45, 2.75) is 56.1 Å². The van der Waals surface area contributed by atoms with Crippen LogP contribution in [0.2, 0.25) is 0 Å². The lowest BCUT2D eigenvalue weighted by atomic mass is 9.78. The highest BCUT2D eigenvalue weighted by Gasteiger charge is 2.47. The van der Waals surface area contributed by atoms with Crippen LogP contribution in [0.1, 0.15) is 44.9 Å². The first-order valence-corrected chi connectivity index (χ1v) is 10.2. The summed E-state index contributed by atoms with van der Waals surface area (Å²) in [5, 5.41) is 0. The maximum absolute atomic E-state index is 11.8. The fourth-order valence-electron chi connectivity index (χ4n) is 3.01. The van der Waals surface area contributed by atoms with Crippen molar-refractivity contribution in [1.29, 1.82) is 0 Å². The van der Waals surface area contributed by atoms with Crippen molar-refractivity contribution in [3.63, 3.8) is 0 Å². The topological polar surface area (TPSA) is 153 Å². The molecule has 20 heavy (non-hydrogen) atoms. The van der Waals surface area contributed by atoms with Crippen molar-refractivity contribution in [1.82, 2.24) is 5.43 Å². The second-order valence-corrected chi connectivity index (χ2v) is 9.07. The molecule has 0 spiro atoms. The molecule has 0 heterocycles. The molecule has 1 unspecified atom stereocenters. The van der Waals surface area contributed by atoms with Crippen LogP contribution >= 0.6 is 15.2 Å². The Bertz CT molecular complexity index is 401. The van der Waals surface area contributed by atoms with E-state index in [2.05, 4.69) is 5.43 Å². The van der Waals surface area contributed by atoms with Crippen molar-refractivity contribution in [2.24, 2.45) is 5.84 Å². The monoisotopic (exact) mass is 330 g/mol. The minimum absolute atomic E-state index is 0.0413. The van der Waals surface area contributed by atoms with E-state index in [9.17, 15) is 18.9 Å². The standard InChI is InChI=1S/C10H24N2O6P2/c11-12-10(6-2-1-3-7-10)9(20(16,17)18)5-4-8-19(13,14)15/h9,12H,1-8,11H2,(H2,13,14,15)(H2,16,17,18). The van der Waals surface area contributed by atoms with Crippen LogP contribution < -0.4 is 11.3 Å². The first-order valence-electron chi connectivity index (χ1n) is 6.68. The molecule has 0 aromatic rings. The Hall–Kier alpha value is 0.220. The van der Waals surface area contributed by atoms with E-state index in [1.54, 1.807) is 0 Å². The molecule has 0 bridgehead atoms. The van der Waals surface area contributed by atoms with Crippen molar-refractivity contribution in [3.8, 4) is 0 Å². The van der Waals surface area contributed by atoms with Crippen molar-refractivity contribution >= 4 is 15.2 Å². The van der Waals surface area contributed by atoms with Gasteiger partial charge in [-0.25, -0.2) is 0 Å². The number of nitrogens with two attached hydrogens (primary N) is 1. The normalized spacial score (nSPS) is 21.6. The van der Waals surface area contributed by atoms with Gasteiger partial charge in [0.1, 0.15) is 0 Å². The Morgan fingerprint density at radius 1 is 1.10 bits per heavy atom. The second kappa shape index (κ2) is 6.99. The number of nitrogens with one attached hydrogen (secondary N) is 1. The lowest BCUT2D eigenvalue weighted by Crippen LogP contribution is -2.58. The third-order valence-corrected chi connectivity index (χ3v) is 6.47. The van der Waals surface area contributed by atoms with E-state index in [0.29, 0.717) is 12.8 Å². The van der Waals surface area contributed by atoms with Gasteiger partial charge >= 0.3 is 15.2 Å². The van der Waals surface area contributed by atoms with Crippen LogP contribution in [0.5, 0.6) is 0 Å². The molecule has 10 heteroatoms. The number of hydrazine groups is 1. The number of hydrogen-bond acceptors (Lipinski definition) is 4. The van der Waals surface area contributed by atoms with Crippen LogP contribution in [0.15, 0.2) is 0 Å². The van der Waals surface area contributed by atoms with Crippen LogP contribution in [0, 0.1) is 0 Å². The molecule has 0 aromatic carbocycles. The summed E-state index contributed by atoms with van der Waals surface area (Å²) in [6, 6.07) is 0. The lowest BCUT2D eigenvalue weighted by Gasteiger charge is -2.43. The highest BCUT2D eigenvalue weighted by atomic mass is 31.2. The van der Waals surface area contributed by atoms with E-state index >= 15 is 0 Å². The molecule has 0 saturated heterocycles. The minimum Gasteiger partial charge on any atom is -0.324 e. The zero-order valence-corrected chi connectivity index (χ0v) is 13.1. The molecular weight excluding hydrogens is 306 g/mol. The average molecular weight is 330 g/mol. The smallest absolute Gasteiger partial charge is 0.324 e. The van der Waals surface area contributed by atoms with E-state index in [1.165, 1.54) is 0 Å². The van der Waals surface area contributed by atoms with Crippen LogP contribution in [-0.4, -0.2) is 36.9 Å². The fourth-order valence-corrected chi connectivity index (χ4v) is 5.10. The molecule has 1 aliphatic rings. The molecule has 0 aliphatic heterocycles.